The Labute approximate surface area is 248 Å². The lowest BCUT2D eigenvalue weighted by atomic mass is 9.89. The molecule has 3 aromatic heterocycles. The molecular weight excluding hydrogens is 551 g/mol. The third-order valence-electron chi connectivity index (χ3n) is 9.64. The van der Waals surface area contributed by atoms with Gasteiger partial charge in [-0.2, -0.15) is 5.26 Å². The number of pyridine rings is 1. The highest BCUT2D eigenvalue weighted by molar-refractivity contribution is 7.23. The molecule has 2 atom stereocenters. The second-order valence-corrected chi connectivity index (χ2v) is 13.2. The van der Waals surface area contributed by atoms with Crippen LogP contribution in [0.3, 0.4) is 0 Å². The normalized spacial score (nSPS) is 21.2. The first kappa shape index (κ1) is 27.4. The second-order valence-electron chi connectivity index (χ2n) is 12.2. The van der Waals surface area contributed by atoms with Crippen molar-refractivity contribution < 1.29 is 14.2 Å². The number of fused-ring (bicyclic) bond motifs is 4. The summed E-state index contributed by atoms with van der Waals surface area (Å²) < 4.78 is 21.0. The summed E-state index contributed by atoms with van der Waals surface area (Å²) in [4.78, 5) is 16.4. The number of ether oxygens (including phenoxy) is 1. The van der Waals surface area contributed by atoms with Gasteiger partial charge in [0, 0.05) is 41.5 Å². The van der Waals surface area contributed by atoms with Gasteiger partial charge in [0.25, 0.3) is 0 Å². The minimum absolute atomic E-state index is 0.211. The summed E-state index contributed by atoms with van der Waals surface area (Å²) in [6, 6.07) is 2.16. The number of benzene rings is 1. The van der Waals surface area contributed by atoms with Crippen molar-refractivity contribution in [1.29, 1.82) is 5.26 Å². The summed E-state index contributed by atoms with van der Waals surface area (Å²) in [5.41, 5.74) is 11.3. The van der Waals surface area contributed by atoms with Crippen molar-refractivity contribution in [2.75, 3.05) is 23.7 Å². The summed E-state index contributed by atoms with van der Waals surface area (Å²) in [5, 5.41) is 22.5. The lowest BCUT2D eigenvalue weighted by molar-refractivity contribution is 0.135. The number of nitrogen functional groups attached to an aromatic ring is 1. The maximum absolute atomic E-state index is 14.8. The number of β-amino-alcohol motifs (C(OH)–C–C–N with tert-alkyl or cyclic N) is 1. The minimum atomic E-state index is -0.496. The average molecular weight is 587 g/mol. The molecule has 0 bridgehead atoms. The van der Waals surface area contributed by atoms with Gasteiger partial charge in [0.15, 0.2) is 5.82 Å². The molecule has 7 rings (SSSR count). The van der Waals surface area contributed by atoms with Crippen LogP contribution in [0.25, 0.3) is 32.2 Å². The van der Waals surface area contributed by atoms with Gasteiger partial charge in [-0.15, -0.1) is 11.3 Å². The topological polar surface area (TPSA) is 121 Å². The Balaban J connectivity index is 1.26. The molecule has 42 heavy (non-hydrogen) atoms. The molecule has 218 valence electrons. The van der Waals surface area contributed by atoms with Crippen molar-refractivity contribution in [3.05, 3.63) is 40.5 Å². The first-order valence-corrected chi connectivity index (χ1v) is 15.8. The maximum Gasteiger partial charge on any atom is 0.225 e. The van der Waals surface area contributed by atoms with Crippen LogP contribution in [0, 0.1) is 35.9 Å². The van der Waals surface area contributed by atoms with Crippen molar-refractivity contribution >= 4 is 43.3 Å². The number of rotatable bonds is 5. The fraction of sp³-hybridized carbons (Fsp3) is 0.500. The number of aliphatic hydroxyl groups is 1. The van der Waals surface area contributed by atoms with Gasteiger partial charge in [-0.05, 0) is 36.0 Å². The monoisotopic (exact) mass is 586 g/mol. The third-order valence-corrected chi connectivity index (χ3v) is 10.7. The first-order valence-electron chi connectivity index (χ1n) is 15.0. The van der Waals surface area contributed by atoms with Crippen LogP contribution in [0.15, 0.2) is 12.4 Å². The molecule has 8 nitrogen and oxygen atoms in total. The van der Waals surface area contributed by atoms with Crippen LogP contribution in [0.1, 0.15) is 73.6 Å². The van der Waals surface area contributed by atoms with Gasteiger partial charge in [0.2, 0.25) is 5.95 Å². The molecule has 1 saturated carbocycles. The zero-order chi connectivity index (χ0) is 29.0. The second kappa shape index (κ2) is 11.0. The Kier molecular flexibility index (Phi) is 7.21. The van der Waals surface area contributed by atoms with Crippen molar-refractivity contribution in [1.82, 2.24) is 15.0 Å². The van der Waals surface area contributed by atoms with Crippen molar-refractivity contribution in [3.8, 4) is 17.3 Å². The van der Waals surface area contributed by atoms with E-state index in [0.29, 0.717) is 41.5 Å². The standard InChI is InChI=1S/C32H35FN6O2S/c1-17-26(29-27-20(10-34)31(35)42-30(27)24(33)12-36-29)23-16-41-15-22(23)21-11-37-32(38-28(17)21)39-13-19(25(40)14-39)9-8-18-6-4-2-3-5-7-18/h11-12,18-19,25,40H,2-9,13-16,35H2,1H3. The number of hydrogen-bond donors (Lipinski definition) is 2. The van der Waals surface area contributed by atoms with Crippen LogP contribution in [-0.2, 0) is 18.0 Å². The van der Waals surface area contributed by atoms with Gasteiger partial charge >= 0.3 is 0 Å². The van der Waals surface area contributed by atoms with Crippen LogP contribution in [0.5, 0.6) is 0 Å². The van der Waals surface area contributed by atoms with E-state index in [1.54, 1.807) is 0 Å². The molecule has 1 saturated heterocycles. The molecule has 3 N–H and O–H groups in total. The number of nitriles is 1. The number of halogens is 1. The highest BCUT2D eigenvalue weighted by Gasteiger charge is 2.34. The zero-order valence-corrected chi connectivity index (χ0v) is 24.6. The Morgan fingerprint density at radius 2 is 1.90 bits per heavy atom. The van der Waals surface area contributed by atoms with E-state index in [0.717, 1.165) is 63.4 Å². The number of anilines is 2. The van der Waals surface area contributed by atoms with E-state index in [1.807, 2.05) is 13.1 Å². The summed E-state index contributed by atoms with van der Waals surface area (Å²) in [6.07, 6.45) is 12.9. The van der Waals surface area contributed by atoms with Crippen molar-refractivity contribution in [3.63, 3.8) is 0 Å². The molecule has 0 spiro atoms. The molecule has 4 aromatic rings. The average Bonchev–Trinajstić information content (AvgIpc) is 3.65. The number of aryl methyl sites for hydroxylation is 1. The number of nitrogens with two attached hydrogens (primary N) is 1. The molecule has 0 amide bonds. The predicted molar refractivity (Wildman–Crippen MR) is 163 cm³/mol. The maximum atomic E-state index is 14.8. The van der Waals surface area contributed by atoms with Crippen molar-refractivity contribution in [2.45, 2.75) is 77.6 Å². The van der Waals surface area contributed by atoms with Crippen LogP contribution in [-0.4, -0.2) is 39.3 Å². The van der Waals surface area contributed by atoms with Gasteiger partial charge in [-0.25, -0.2) is 14.4 Å². The molecule has 0 radical (unpaired) electrons. The summed E-state index contributed by atoms with van der Waals surface area (Å²) in [6.45, 7) is 4.03. The highest BCUT2D eigenvalue weighted by atomic mass is 32.1. The fourth-order valence-corrected chi connectivity index (χ4v) is 8.30. The molecule has 1 aliphatic carbocycles. The molecule has 2 aliphatic heterocycles. The van der Waals surface area contributed by atoms with E-state index in [9.17, 15) is 14.8 Å². The Bertz CT molecular complexity index is 1720. The van der Waals surface area contributed by atoms with E-state index < -0.39 is 11.9 Å². The number of nitrogens with zero attached hydrogens (tertiary/aromatic N) is 5. The van der Waals surface area contributed by atoms with Crippen LogP contribution in [0.2, 0.25) is 0 Å². The quantitative estimate of drug-likeness (QED) is 0.258. The number of thiophene rings is 1. The largest absolute Gasteiger partial charge is 0.391 e. The number of aliphatic hydroxyl groups excluding tert-OH is 1. The van der Waals surface area contributed by atoms with Crippen LogP contribution >= 0.6 is 11.3 Å². The van der Waals surface area contributed by atoms with Crippen LogP contribution < -0.4 is 10.6 Å². The van der Waals surface area contributed by atoms with E-state index in [1.165, 1.54) is 51.1 Å². The summed E-state index contributed by atoms with van der Waals surface area (Å²) in [5.74, 6) is 1.09. The lowest BCUT2D eigenvalue weighted by Gasteiger charge is -2.20. The van der Waals surface area contributed by atoms with Crippen LogP contribution in [0.4, 0.5) is 15.3 Å². The summed E-state index contributed by atoms with van der Waals surface area (Å²) >= 11 is 1.07. The highest BCUT2D eigenvalue weighted by Crippen LogP contribution is 2.45. The van der Waals surface area contributed by atoms with Gasteiger partial charge in [0.05, 0.1) is 47.0 Å². The minimum Gasteiger partial charge on any atom is -0.391 e. The summed E-state index contributed by atoms with van der Waals surface area (Å²) in [7, 11) is 0. The molecular formula is C32H35FN6O2S. The van der Waals surface area contributed by atoms with Gasteiger partial charge in [-0.3, -0.25) is 4.98 Å². The van der Waals surface area contributed by atoms with E-state index in [-0.39, 0.29) is 16.5 Å². The van der Waals surface area contributed by atoms with Crippen molar-refractivity contribution in [2.24, 2.45) is 11.8 Å². The van der Waals surface area contributed by atoms with Gasteiger partial charge in [-0.1, -0.05) is 44.9 Å². The number of hydrogen-bond acceptors (Lipinski definition) is 9. The molecule has 10 heteroatoms. The molecule has 1 aromatic carbocycles. The van der Waals surface area contributed by atoms with E-state index in [4.69, 9.17) is 20.4 Å². The fourth-order valence-electron chi connectivity index (χ4n) is 7.38. The SMILES string of the molecule is Cc1c(-c2ncc(F)c3sc(N)c(C#N)c23)c2c(c3cnc(N4CC(O)C(CCC5CCCCCC5)C4)nc13)COC2. The molecule has 2 fully saturated rings. The van der Waals surface area contributed by atoms with E-state index >= 15 is 0 Å². The predicted octanol–water partition coefficient (Wildman–Crippen LogP) is 6.39. The van der Waals surface area contributed by atoms with Gasteiger partial charge in [0.1, 0.15) is 11.1 Å². The lowest BCUT2D eigenvalue weighted by Crippen LogP contribution is -2.23. The smallest absolute Gasteiger partial charge is 0.225 e. The number of aromatic nitrogens is 3. The van der Waals surface area contributed by atoms with Gasteiger partial charge < -0.3 is 20.5 Å². The Morgan fingerprint density at radius 1 is 1.12 bits per heavy atom. The molecule has 3 aliphatic rings. The molecule has 2 unspecified atom stereocenters. The zero-order valence-electron chi connectivity index (χ0n) is 23.8. The Morgan fingerprint density at radius 3 is 2.69 bits per heavy atom. The van der Waals surface area contributed by atoms with E-state index in [2.05, 4.69) is 16.0 Å². The first-order chi connectivity index (χ1) is 20.4. The Hall–Kier alpha value is -3.39. The third kappa shape index (κ3) is 4.59. The molecule has 5 heterocycles.